The van der Waals surface area contributed by atoms with Crippen LogP contribution in [0, 0.1) is 11.8 Å². The molecule has 2 atom stereocenters. The van der Waals surface area contributed by atoms with Gasteiger partial charge in [-0.15, -0.1) is 0 Å². The number of hydrogen-bond donors (Lipinski definition) is 1. The summed E-state index contributed by atoms with van der Waals surface area (Å²) in [5, 5.41) is 7.88. The first-order valence-electron chi connectivity index (χ1n) is 12.8. The summed E-state index contributed by atoms with van der Waals surface area (Å²) in [4.78, 5) is 19.9. The summed E-state index contributed by atoms with van der Waals surface area (Å²) < 4.78 is 11.1. The molecule has 1 N–H and O–H groups in total. The minimum atomic E-state index is 0.303. The lowest BCUT2D eigenvalue weighted by molar-refractivity contribution is -0.133. The number of anilines is 1. The largest absolute Gasteiger partial charge is 0.379 e. The zero-order valence-corrected chi connectivity index (χ0v) is 20.0. The van der Waals surface area contributed by atoms with E-state index in [1.54, 1.807) is 0 Å². The molecule has 3 aliphatic rings. The molecule has 8 nitrogen and oxygen atoms in total. The highest BCUT2D eigenvalue weighted by Crippen LogP contribution is 2.27. The number of morpholine rings is 1. The zero-order chi connectivity index (χ0) is 23.2. The highest BCUT2D eigenvalue weighted by molar-refractivity contribution is 5.77. The van der Waals surface area contributed by atoms with Crippen molar-refractivity contribution in [1.29, 1.82) is 0 Å². The number of nitrogens with zero attached hydrogens (tertiary/aromatic N) is 4. The number of piperazine rings is 1. The van der Waals surface area contributed by atoms with Gasteiger partial charge in [0.25, 0.3) is 0 Å². The van der Waals surface area contributed by atoms with E-state index in [1.165, 1.54) is 5.69 Å². The molecule has 3 saturated heterocycles. The van der Waals surface area contributed by atoms with Crippen molar-refractivity contribution < 1.29 is 14.1 Å². The Bertz CT molecular complexity index is 906. The Hall–Kier alpha value is -2.42. The van der Waals surface area contributed by atoms with Gasteiger partial charge >= 0.3 is 0 Å². The van der Waals surface area contributed by atoms with E-state index in [1.807, 2.05) is 6.07 Å². The first-order valence-corrected chi connectivity index (χ1v) is 12.8. The molecule has 0 radical (unpaired) electrons. The molecular weight excluding hydrogens is 430 g/mol. The molecule has 0 aliphatic carbocycles. The predicted octanol–water partition coefficient (Wildman–Crippen LogP) is 2.01. The minimum absolute atomic E-state index is 0.303. The summed E-state index contributed by atoms with van der Waals surface area (Å²) in [6, 6.07) is 12.6. The molecule has 1 amide bonds. The van der Waals surface area contributed by atoms with Gasteiger partial charge in [0.05, 0.1) is 25.5 Å². The normalized spacial score (nSPS) is 24.4. The van der Waals surface area contributed by atoms with Crippen LogP contribution in [0.15, 0.2) is 40.9 Å². The van der Waals surface area contributed by atoms with E-state index in [4.69, 9.17) is 9.26 Å². The second-order valence-corrected chi connectivity index (χ2v) is 9.80. The second kappa shape index (κ2) is 11.3. The van der Waals surface area contributed by atoms with E-state index in [-0.39, 0.29) is 0 Å². The average molecular weight is 468 g/mol. The van der Waals surface area contributed by atoms with E-state index in [9.17, 15) is 4.79 Å². The van der Waals surface area contributed by atoms with Crippen LogP contribution in [-0.4, -0.2) is 86.4 Å². The highest BCUT2D eigenvalue weighted by Gasteiger charge is 2.31. The third kappa shape index (κ3) is 5.98. The second-order valence-electron chi connectivity index (χ2n) is 9.80. The van der Waals surface area contributed by atoms with Crippen molar-refractivity contribution in [3.8, 4) is 0 Å². The number of carbonyl (C=O) groups is 1. The molecule has 8 heteroatoms. The van der Waals surface area contributed by atoms with E-state index < -0.39 is 0 Å². The summed E-state index contributed by atoms with van der Waals surface area (Å²) in [6.45, 7) is 9.55. The fourth-order valence-corrected chi connectivity index (χ4v) is 5.47. The molecule has 4 heterocycles. The summed E-state index contributed by atoms with van der Waals surface area (Å²) in [7, 11) is 0. The van der Waals surface area contributed by atoms with Crippen LogP contribution in [0.1, 0.15) is 24.3 Å². The fraction of sp³-hybridized carbons (Fsp3) is 0.615. The van der Waals surface area contributed by atoms with Crippen molar-refractivity contribution in [2.45, 2.75) is 25.8 Å². The number of benzene rings is 1. The molecule has 5 rings (SSSR count). The number of nitrogens with one attached hydrogen (secondary N) is 1. The number of rotatable bonds is 7. The SMILES string of the molecule is O=C(C[C@@H]1CCNC[C@@H]1Cc1cc(CN2CCOCC2)on1)N1CCN(c2ccccc2)CC1. The van der Waals surface area contributed by atoms with Crippen molar-refractivity contribution in [1.82, 2.24) is 20.3 Å². The molecule has 3 aliphatic heterocycles. The number of para-hydroxylation sites is 1. The summed E-state index contributed by atoms with van der Waals surface area (Å²) >= 11 is 0. The minimum Gasteiger partial charge on any atom is -0.379 e. The fourth-order valence-electron chi connectivity index (χ4n) is 5.47. The predicted molar refractivity (Wildman–Crippen MR) is 131 cm³/mol. The van der Waals surface area contributed by atoms with Crippen molar-refractivity contribution in [2.75, 3.05) is 70.5 Å². The van der Waals surface area contributed by atoms with E-state index in [0.29, 0.717) is 24.2 Å². The Morgan fingerprint density at radius 3 is 2.62 bits per heavy atom. The Labute approximate surface area is 202 Å². The Morgan fingerprint density at radius 1 is 1.03 bits per heavy atom. The maximum Gasteiger partial charge on any atom is 0.222 e. The van der Waals surface area contributed by atoms with Crippen molar-refractivity contribution in [2.24, 2.45) is 11.8 Å². The molecule has 1 aromatic heterocycles. The lowest BCUT2D eigenvalue weighted by atomic mass is 9.81. The van der Waals surface area contributed by atoms with Crippen LogP contribution in [0.3, 0.4) is 0 Å². The van der Waals surface area contributed by atoms with Gasteiger partial charge in [0.15, 0.2) is 5.76 Å². The first-order chi connectivity index (χ1) is 16.7. The van der Waals surface area contributed by atoms with Gasteiger partial charge in [0.2, 0.25) is 5.91 Å². The van der Waals surface area contributed by atoms with Gasteiger partial charge in [-0.2, -0.15) is 0 Å². The number of ether oxygens (including phenoxy) is 1. The topological polar surface area (TPSA) is 74.1 Å². The molecular formula is C26H37N5O3. The van der Waals surface area contributed by atoms with Crippen LogP contribution in [-0.2, 0) is 22.5 Å². The molecule has 3 fully saturated rings. The molecule has 184 valence electrons. The molecule has 0 spiro atoms. The van der Waals surface area contributed by atoms with E-state index in [2.05, 4.69) is 55.5 Å². The molecule has 1 aromatic carbocycles. The zero-order valence-electron chi connectivity index (χ0n) is 20.0. The van der Waals surface area contributed by atoms with Gasteiger partial charge in [0.1, 0.15) is 0 Å². The van der Waals surface area contributed by atoms with Crippen LogP contribution in [0.5, 0.6) is 0 Å². The standard InChI is InChI=1S/C26H37N5O3/c32-26(31-10-8-30(9-11-31)24-4-2-1-3-5-24)17-21-6-7-27-19-22(21)16-23-18-25(34-28-23)20-29-12-14-33-15-13-29/h1-5,18,21-22,27H,6-17,19-20H2/t21-,22-/m0/s1. The summed E-state index contributed by atoms with van der Waals surface area (Å²) in [5.41, 5.74) is 2.25. The molecule has 34 heavy (non-hydrogen) atoms. The van der Waals surface area contributed by atoms with Gasteiger partial charge in [-0.1, -0.05) is 23.4 Å². The highest BCUT2D eigenvalue weighted by atomic mass is 16.5. The van der Waals surface area contributed by atoms with Crippen LogP contribution >= 0.6 is 0 Å². The number of carbonyl (C=O) groups excluding carboxylic acids is 1. The van der Waals surface area contributed by atoms with Crippen LogP contribution < -0.4 is 10.2 Å². The van der Waals surface area contributed by atoms with Gasteiger partial charge in [-0.3, -0.25) is 9.69 Å². The van der Waals surface area contributed by atoms with Gasteiger partial charge in [-0.25, -0.2) is 0 Å². The Balaban J connectivity index is 1.12. The van der Waals surface area contributed by atoms with Crippen molar-refractivity contribution >= 4 is 11.6 Å². The summed E-state index contributed by atoms with van der Waals surface area (Å²) in [6.07, 6.45) is 2.54. The van der Waals surface area contributed by atoms with Gasteiger partial charge in [0, 0.05) is 57.4 Å². The summed E-state index contributed by atoms with van der Waals surface area (Å²) in [5.74, 6) is 2.02. The molecule has 0 bridgehead atoms. The lowest BCUT2D eigenvalue weighted by Crippen LogP contribution is -2.50. The third-order valence-electron chi connectivity index (χ3n) is 7.52. The average Bonchev–Trinajstić information content (AvgIpc) is 3.33. The number of piperidine rings is 1. The Kier molecular flexibility index (Phi) is 7.78. The number of aromatic nitrogens is 1. The number of hydrogen-bond acceptors (Lipinski definition) is 7. The third-order valence-corrected chi connectivity index (χ3v) is 7.52. The molecule has 0 unspecified atom stereocenters. The first kappa shape index (κ1) is 23.3. The quantitative estimate of drug-likeness (QED) is 0.668. The van der Waals surface area contributed by atoms with E-state index >= 15 is 0 Å². The van der Waals surface area contributed by atoms with Crippen LogP contribution in [0.2, 0.25) is 0 Å². The Morgan fingerprint density at radius 2 is 1.82 bits per heavy atom. The molecule has 0 saturated carbocycles. The number of amides is 1. The molecule has 2 aromatic rings. The van der Waals surface area contributed by atoms with Crippen LogP contribution in [0.25, 0.3) is 0 Å². The maximum absolute atomic E-state index is 13.2. The van der Waals surface area contributed by atoms with Crippen molar-refractivity contribution in [3.63, 3.8) is 0 Å². The van der Waals surface area contributed by atoms with Crippen molar-refractivity contribution in [3.05, 3.63) is 47.9 Å². The maximum atomic E-state index is 13.2. The lowest BCUT2D eigenvalue weighted by Gasteiger charge is -2.38. The van der Waals surface area contributed by atoms with Crippen LogP contribution in [0.4, 0.5) is 5.69 Å². The smallest absolute Gasteiger partial charge is 0.222 e. The monoisotopic (exact) mass is 467 g/mol. The van der Waals surface area contributed by atoms with Gasteiger partial charge < -0.3 is 24.4 Å². The van der Waals surface area contributed by atoms with Gasteiger partial charge in [-0.05, 0) is 49.9 Å². The van der Waals surface area contributed by atoms with E-state index in [0.717, 1.165) is 96.4 Å².